The molecule has 30 heavy (non-hydrogen) atoms. The van der Waals surface area contributed by atoms with Gasteiger partial charge in [-0.3, -0.25) is 4.79 Å². The fourth-order valence-electron chi connectivity index (χ4n) is 2.41. The van der Waals surface area contributed by atoms with Crippen LogP contribution in [0.4, 0.5) is 18.9 Å². The second-order valence-corrected chi connectivity index (χ2v) is 7.30. The first kappa shape index (κ1) is 21.6. The second-order valence-electron chi connectivity index (χ2n) is 5.92. The van der Waals surface area contributed by atoms with E-state index in [1.807, 2.05) is 6.07 Å². The van der Waals surface area contributed by atoms with Crippen LogP contribution < -0.4 is 5.32 Å². The Morgan fingerprint density at radius 3 is 2.50 bits per heavy atom. The fraction of sp³-hybridized carbons (Fsp3) is 0.100. The molecule has 5 nitrogen and oxygen atoms in total. The highest BCUT2D eigenvalue weighted by atomic mass is 35.5. The molecule has 2 aromatic carbocycles. The number of benzene rings is 2. The van der Waals surface area contributed by atoms with Gasteiger partial charge < -0.3 is 5.32 Å². The average molecular weight is 449 g/mol. The zero-order chi connectivity index (χ0) is 21.7. The van der Waals surface area contributed by atoms with Gasteiger partial charge in [-0.1, -0.05) is 47.6 Å². The Labute approximate surface area is 178 Å². The molecular weight excluding hydrogens is 437 g/mol. The maximum Gasteiger partial charge on any atom is 0.433 e. The number of thioether (sulfide) groups is 1. The highest BCUT2D eigenvalue weighted by Gasteiger charge is 2.34. The van der Waals surface area contributed by atoms with E-state index in [1.165, 1.54) is 6.07 Å². The Morgan fingerprint density at radius 1 is 1.13 bits per heavy atom. The molecule has 3 aromatic rings. The molecule has 1 heterocycles. The largest absolute Gasteiger partial charge is 0.433 e. The van der Waals surface area contributed by atoms with Gasteiger partial charge in [0.1, 0.15) is 11.8 Å². The van der Waals surface area contributed by atoms with Crippen LogP contribution in [0.5, 0.6) is 0 Å². The summed E-state index contributed by atoms with van der Waals surface area (Å²) in [5, 5.41) is 11.9. The summed E-state index contributed by atoms with van der Waals surface area (Å²) in [6, 6.07) is 15.4. The molecule has 0 bridgehead atoms. The number of anilines is 1. The Kier molecular flexibility index (Phi) is 6.59. The van der Waals surface area contributed by atoms with Crippen LogP contribution in [-0.2, 0) is 11.0 Å². The number of rotatable bonds is 5. The van der Waals surface area contributed by atoms with Gasteiger partial charge in [-0.05, 0) is 30.3 Å². The van der Waals surface area contributed by atoms with E-state index in [0.29, 0.717) is 16.3 Å². The standard InChI is InChI=1S/C20H12ClF3N4OS/c21-14-7-5-12(6-8-14)16-9-17(20(22,23)24)28-19(27-16)30-11-18(29)26-15-4-2-1-3-13(15)10-25/h1-9H,11H2,(H,26,29). The normalized spacial score (nSPS) is 11.0. The summed E-state index contributed by atoms with van der Waals surface area (Å²) in [7, 11) is 0. The van der Waals surface area contributed by atoms with E-state index >= 15 is 0 Å². The maximum atomic E-state index is 13.3. The van der Waals surface area contributed by atoms with Gasteiger partial charge in [0, 0.05) is 10.6 Å². The summed E-state index contributed by atoms with van der Waals surface area (Å²) in [6.45, 7) is 0. The number of nitrogens with zero attached hydrogens (tertiary/aromatic N) is 3. The van der Waals surface area contributed by atoms with Crippen LogP contribution in [0.15, 0.2) is 59.8 Å². The molecule has 0 atom stereocenters. The van der Waals surface area contributed by atoms with Gasteiger partial charge in [-0.15, -0.1) is 0 Å². The molecule has 0 aliphatic carbocycles. The predicted molar refractivity (Wildman–Crippen MR) is 108 cm³/mol. The Bertz CT molecular complexity index is 1110. The second kappa shape index (κ2) is 9.15. The fourth-order valence-corrected chi connectivity index (χ4v) is 3.19. The van der Waals surface area contributed by atoms with E-state index in [-0.39, 0.29) is 22.2 Å². The van der Waals surface area contributed by atoms with Crippen molar-refractivity contribution in [1.29, 1.82) is 5.26 Å². The lowest BCUT2D eigenvalue weighted by molar-refractivity contribution is -0.141. The van der Waals surface area contributed by atoms with Crippen LogP contribution in [0, 0.1) is 11.3 Å². The Morgan fingerprint density at radius 2 is 1.83 bits per heavy atom. The monoisotopic (exact) mass is 448 g/mol. The van der Waals surface area contributed by atoms with Gasteiger partial charge >= 0.3 is 6.18 Å². The van der Waals surface area contributed by atoms with Crippen LogP contribution >= 0.6 is 23.4 Å². The van der Waals surface area contributed by atoms with Crippen LogP contribution in [0.1, 0.15) is 11.3 Å². The molecule has 0 aliphatic rings. The molecule has 1 amide bonds. The lowest BCUT2D eigenvalue weighted by Gasteiger charge is -2.11. The summed E-state index contributed by atoms with van der Waals surface area (Å²) in [5.41, 5.74) is -0.0259. The number of amides is 1. The number of nitriles is 1. The van der Waals surface area contributed by atoms with Gasteiger partial charge in [0.15, 0.2) is 5.16 Å². The lowest BCUT2D eigenvalue weighted by atomic mass is 10.1. The predicted octanol–water partition coefficient (Wildman–Crippen LogP) is 5.42. The van der Waals surface area contributed by atoms with Crippen molar-refractivity contribution in [3.05, 3.63) is 70.9 Å². The van der Waals surface area contributed by atoms with Gasteiger partial charge in [-0.2, -0.15) is 18.4 Å². The minimum absolute atomic E-state index is 0.0618. The van der Waals surface area contributed by atoms with Gasteiger partial charge in [0.2, 0.25) is 5.91 Å². The van der Waals surface area contributed by atoms with E-state index in [1.54, 1.807) is 42.5 Å². The Balaban J connectivity index is 1.81. The first-order valence-corrected chi connectivity index (χ1v) is 9.76. The van der Waals surface area contributed by atoms with Crippen molar-refractivity contribution < 1.29 is 18.0 Å². The van der Waals surface area contributed by atoms with E-state index < -0.39 is 17.8 Å². The third-order valence-corrected chi connectivity index (χ3v) is 4.89. The lowest BCUT2D eigenvalue weighted by Crippen LogP contribution is -2.16. The molecule has 0 saturated heterocycles. The summed E-state index contributed by atoms with van der Waals surface area (Å²) in [5.74, 6) is -0.738. The maximum absolute atomic E-state index is 13.3. The molecule has 0 unspecified atom stereocenters. The first-order chi connectivity index (χ1) is 14.3. The van der Waals surface area contributed by atoms with Gasteiger partial charge in [0.25, 0.3) is 0 Å². The number of aromatic nitrogens is 2. The van der Waals surface area contributed by atoms with Gasteiger partial charge in [0.05, 0.1) is 22.7 Å². The summed E-state index contributed by atoms with van der Waals surface area (Å²) >= 11 is 6.59. The number of carbonyl (C=O) groups is 1. The van der Waals surface area contributed by atoms with Crippen LogP contribution in [0.2, 0.25) is 5.02 Å². The summed E-state index contributed by atoms with van der Waals surface area (Å²) < 4.78 is 39.8. The number of carbonyl (C=O) groups excluding carboxylic acids is 1. The van der Waals surface area contributed by atoms with E-state index in [2.05, 4.69) is 15.3 Å². The quantitative estimate of drug-likeness (QED) is 0.416. The van der Waals surface area contributed by atoms with Gasteiger partial charge in [-0.25, -0.2) is 9.97 Å². The van der Waals surface area contributed by atoms with Crippen LogP contribution in [0.25, 0.3) is 11.3 Å². The zero-order valence-corrected chi connectivity index (χ0v) is 16.6. The number of hydrogen-bond donors (Lipinski definition) is 1. The first-order valence-electron chi connectivity index (χ1n) is 8.40. The SMILES string of the molecule is N#Cc1ccccc1NC(=O)CSc1nc(-c2ccc(Cl)cc2)cc(C(F)(F)F)n1. The van der Waals surface area contributed by atoms with Crippen molar-refractivity contribution in [1.82, 2.24) is 9.97 Å². The molecule has 0 saturated carbocycles. The van der Waals surface area contributed by atoms with E-state index in [0.717, 1.165) is 17.8 Å². The van der Waals surface area contributed by atoms with Crippen molar-refractivity contribution in [2.45, 2.75) is 11.3 Å². The van der Waals surface area contributed by atoms with Crippen molar-refractivity contribution in [3.8, 4) is 17.3 Å². The van der Waals surface area contributed by atoms with Crippen molar-refractivity contribution in [3.63, 3.8) is 0 Å². The van der Waals surface area contributed by atoms with E-state index in [4.69, 9.17) is 16.9 Å². The smallest absolute Gasteiger partial charge is 0.324 e. The molecule has 0 radical (unpaired) electrons. The molecule has 0 aliphatic heterocycles. The third kappa shape index (κ3) is 5.49. The molecule has 1 aromatic heterocycles. The molecule has 3 rings (SSSR count). The Hall–Kier alpha value is -3.09. The highest BCUT2D eigenvalue weighted by Crippen LogP contribution is 2.32. The topological polar surface area (TPSA) is 78.7 Å². The molecular formula is C20H12ClF3N4OS. The summed E-state index contributed by atoms with van der Waals surface area (Å²) in [4.78, 5) is 19.9. The number of nitrogens with one attached hydrogen (secondary N) is 1. The van der Waals surface area contributed by atoms with Crippen molar-refractivity contribution >= 4 is 35.0 Å². The van der Waals surface area contributed by atoms with Crippen molar-refractivity contribution in [2.75, 3.05) is 11.1 Å². The molecule has 1 N–H and O–H groups in total. The molecule has 152 valence electrons. The summed E-state index contributed by atoms with van der Waals surface area (Å²) in [6.07, 6.45) is -4.67. The zero-order valence-electron chi connectivity index (χ0n) is 15.1. The van der Waals surface area contributed by atoms with E-state index in [9.17, 15) is 18.0 Å². The molecule has 10 heteroatoms. The number of alkyl halides is 3. The number of hydrogen-bond acceptors (Lipinski definition) is 5. The minimum atomic E-state index is -4.67. The third-order valence-electron chi connectivity index (χ3n) is 3.79. The highest BCUT2D eigenvalue weighted by molar-refractivity contribution is 7.99. The van der Waals surface area contributed by atoms with Crippen molar-refractivity contribution in [2.24, 2.45) is 0 Å². The minimum Gasteiger partial charge on any atom is -0.324 e. The molecule has 0 spiro atoms. The molecule has 0 fully saturated rings. The van der Waals surface area contributed by atoms with Crippen LogP contribution in [-0.4, -0.2) is 21.6 Å². The average Bonchev–Trinajstić information content (AvgIpc) is 2.72. The number of para-hydroxylation sites is 1. The van der Waals surface area contributed by atoms with Crippen LogP contribution in [0.3, 0.4) is 0 Å². The number of halogens is 4.